The van der Waals surface area contributed by atoms with Crippen LogP contribution in [-0.4, -0.2) is 12.1 Å². The average Bonchev–Trinajstić information content (AvgIpc) is 2.48. The van der Waals surface area contributed by atoms with Crippen LogP contribution in [0.15, 0.2) is 59.7 Å². The summed E-state index contributed by atoms with van der Waals surface area (Å²) in [5.41, 5.74) is 3.92. The van der Waals surface area contributed by atoms with E-state index in [1.54, 1.807) is 6.21 Å². The molecule has 0 aliphatic heterocycles. The van der Waals surface area contributed by atoms with Crippen molar-refractivity contribution in [2.45, 2.75) is 12.8 Å². The van der Waals surface area contributed by atoms with Gasteiger partial charge in [0.1, 0.15) is 5.82 Å². The molecule has 2 rings (SSSR count). The third kappa shape index (κ3) is 3.75. The van der Waals surface area contributed by atoms with Gasteiger partial charge in [-0.25, -0.2) is 9.82 Å². The molecule has 2 aromatic carbocycles. The second kappa shape index (κ2) is 6.61. The van der Waals surface area contributed by atoms with Gasteiger partial charge in [-0.3, -0.25) is 4.79 Å². The van der Waals surface area contributed by atoms with Gasteiger partial charge in [-0.1, -0.05) is 37.3 Å². The highest BCUT2D eigenvalue weighted by Gasteiger charge is 2.04. The van der Waals surface area contributed by atoms with Gasteiger partial charge in [-0.05, 0) is 29.8 Å². The summed E-state index contributed by atoms with van der Waals surface area (Å²) in [6.45, 7) is 1.99. The van der Waals surface area contributed by atoms with Crippen molar-refractivity contribution >= 4 is 12.1 Å². The molecule has 0 saturated heterocycles. The molecule has 0 aliphatic carbocycles. The van der Waals surface area contributed by atoms with Gasteiger partial charge in [0.15, 0.2) is 0 Å². The fourth-order valence-electron chi connectivity index (χ4n) is 1.72. The Balaban J connectivity index is 1.93. The maximum absolute atomic E-state index is 12.7. The lowest BCUT2D eigenvalue weighted by Gasteiger charge is -2.05. The highest BCUT2D eigenvalue weighted by Crippen LogP contribution is 2.11. The molecule has 1 atom stereocenters. The number of hydrogen-bond acceptors (Lipinski definition) is 2. The number of nitrogens with one attached hydrogen (secondary N) is 1. The van der Waals surface area contributed by atoms with E-state index in [1.807, 2.05) is 37.3 Å². The van der Waals surface area contributed by atoms with Gasteiger partial charge < -0.3 is 0 Å². The van der Waals surface area contributed by atoms with Gasteiger partial charge in [-0.2, -0.15) is 5.10 Å². The minimum Gasteiger partial charge on any atom is -0.267 e. The Morgan fingerprint density at radius 1 is 1.15 bits per heavy atom. The monoisotopic (exact) mass is 270 g/mol. The number of rotatable bonds is 4. The van der Waals surface area contributed by atoms with E-state index in [1.165, 1.54) is 24.3 Å². The second-order valence-electron chi connectivity index (χ2n) is 4.43. The summed E-state index contributed by atoms with van der Waals surface area (Å²) in [4.78, 5) is 11.7. The van der Waals surface area contributed by atoms with Gasteiger partial charge in [0.2, 0.25) is 0 Å². The molecule has 0 heterocycles. The van der Waals surface area contributed by atoms with Gasteiger partial charge >= 0.3 is 0 Å². The summed E-state index contributed by atoms with van der Waals surface area (Å²) in [5.74, 6) is -0.631. The third-order valence-corrected chi connectivity index (χ3v) is 2.90. The fourth-order valence-corrected chi connectivity index (χ4v) is 1.72. The standard InChI is InChI=1S/C16H15FN2O/c1-12(13-5-3-2-4-6-13)11-18-19-16(20)14-7-9-15(17)10-8-14/h2-12H,1H3,(H,19,20)/b18-11+/t12-/m1/s1. The summed E-state index contributed by atoms with van der Waals surface area (Å²) in [5, 5.41) is 3.93. The lowest BCUT2D eigenvalue weighted by Crippen LogP contribution is -2.18. The minimum atomic E-state index is -0.372. The van der Waals surface area contributed by atoms with Crippen LogP contribution in [0.4, 0.5) is 4.39 Å². The van der Waals surface area contributed by atoms with Crippen LogP contribution < -0.4 is 5.43 Å². The lowest BCUT2D eigenvalue weighted by atomic mass is 10.0. The maximum Gasteiger partial charge on any atom is 0.271 e. The molecule has 0 saturated carbocycles. The molecule has 0 spiro atoms. The number of nitrogens with zero attached hydrogens (tertiary/aromatic N) is 1. The Hall–Kier alpha value is -2.49. The summed E-state index contributed by atoms with van der Waals surface area (Å²) in [7, 11) is 0. The van der Waals surface area contributed by atoms with E-state index in [0.29, 0.717) is 5.56 Å². The van der Waals surface area contributed by atoms with Crippen LogP contribution in [0.25, 0.3) is 0 Å². The Labute approximate surface area is 117 Å². The van der Waals surface area contributed by atoms with Crippen molar-refractivity contribution in [1.82, 2.24) is 5.43 Å². The zero-order valence-corrected chi connectivity index (χ0v) is 11.1. The zero-order chi connectivity index (χ0) is 14.4. The van der Waals surface area contributed by atoms with Crippen molar-refractivity contribution in [2.75, 3.05) is 0 Å². The van der Waals surface area contributed by atoms with Crippen molar-refractivity contribution in [3.63, 3.8) is 0 Å². The lowest BCUT2D eigenvalue weighted by molar-refractivity contribution is 0.0955. The van der Waals surface area contributed by atoms with E-state index in [2.05, 4.69) is 10.5 Å². The predicted octanol–water partition coefficient (Wildman–Crippen LogP) is 3.35. The predicted molar refractivity (Wildman–Crippen MR) is 77.2 cm³/mol. The Morgan fingerprint density at radius 2 is 1.80 bits per heavy atom. The molecule has 0 bridgehead atoms. The zero-order valence-electron chi connectivity index (χ0n) is 11.1. The molecular formula is C16H15FN2O. The van der Waals surface area contributed by atoms with Crippen LogP contribution >= 0.6 is 0 Å². The number of amides is 1. The largest absolute Gasteiger partial charge is 0.271 e. The molecule has 0 radical (unpaired) electrons. The van der Waals surface area contributed by atoms with Crippen LogP contribution in [0.1, 0.15) is 28.8 Å². The van der Waals surface area contributed by atoms with Crippen LogP contribution in [0, 0.1) is 5.82 Å². The SMILES string of the molecule is C[C@H](/C=N/NC(=O)c1ccc(F)cc1)c1ccccc1. The first-order chi connectivity index (χ1) is 9.66. The Bertz CT molecular complexity index is 594. The van der Waals surface area contributed by atoms with Crippen molar-refractivity contribution in [2.24, 2.45) is 5.10 Å². The molecule has 0 unspecified atom stereocenters. The summed E-state index contributed by atoms with van der Waals surface area (Å²) in [6.07, 6.45) is 1.66. The first-order valence-electron chi connectivity index (χ1n) is 6.31. The van der Waals surface area contributed by atoms with E-state index < -0.39 is 0 Å². The molecule has 2 aromatic rings. The minimum absolute atomic E-state index is 0.102. The highest BCUT2D eigenvalue weighted by molar-refractivity contribution is 5.94. The second-order valence-corrected chi connectivity index (χ2v) is 4.43. The first-order valence-corrected chi connectivity index (χ1v) is 6.31. The van der Waals surface area contributed by atoms with Crippen LogP contribution in [0.5, 0.6) is 0 Å². The number of benzene rings is 2. The van der Waals surface area contributed by atoms with Gasteiger partial charge in [0.05, 0.1) is 0 Å². The third-order valence-electron chi connectivity index (χ3n) is 2.90. The van der Waals surface area contributed by atoms with Crippen molar-refractivity contribution < 1.29 is 9.18 Å². The summed E-state index contributed by atoms with van der Waals surface area (Å²) < 4.78 is 12.7. The summed E-state index contributed by atoms with van der Waals surface area (Å²) in [6, 6.07) is 15.2. The molecular weight excluding hydrogens is 255 g/mol. The van der Waals surface area contributed by atoms with Crippen LogP contribution in [-0.2, 0) is 0 Å². The molecule has 0 fully saturated rings. The maximum atomic E-state index is 12.7. The summed E-state index contributed by atoms with van der Waals surface area (Å²) >= 11 is 0. The van der Waals surface area contributed by atoms with Gasteiger partial charge in [0.25, 0.3) is 5.91 Å². The van der Waals surface area contributed by atoms with E-state index in [-0.39, 0.29) is 17.6 Å². The van der Waals surface area contributed by atoms with Gasteiger partial charge in [0, 0.05) is 17.7 Å². The van der Waals surface area contributed by atoms with Crippen LogP contribution in [0.2, 0.25) is 0 Å². The molecule has 1 N–H and O–H groups in total. The quantitative estimate of drug-likeness (QED) is 0.672. The van der Waals surface area contributed by atoms with E-state index in [4.69, 9.17) is 0 Å². The molecule has 1 amide bonds. The van der Waals surface area contributed by atoms with Crippen molar-refractivity contribution in [3.05, 3.63) is 71.5 Å². The normalized spacial score (nSPS) is 12.3. The molecule has 3 nitrogen and oxygen atoms in total. The smallest absolute Gasteiger partial charge is 0.267 e. The molecule has 0 aliphatic rings. The molecule has 4 heteroatoms. The Morgan fingerprint density at radius 3 is 2.45 bits per heavy atom. The van der Waals surface area contributed by atoms with Crippen molar-refractivity contribution in [3.8, 4) is 0 Å². The van der Waals surface area contributed by atoms with Crippen LogP contribution in [0.3, 0.4) is 0 Å². The fraction of sp³-hybridized carbons (Fsp3) is 0.125. The van der Waals surface area contributed by atoms with E-state index in [0.717, 1.165) is 5.56 Å². The average molecular weight is 270 g/mol. The topological polar surface area (TPSA) is 41.5 Å². The number of carbonyl (C=O) groups excluding carboxylic acids is 1. The molecule has 102 valence electrons. The first kappa shape index (κ1) is 13.9. The number of hydrazone groups is 1. The van der Waals surface area contributed by atoms with Crippen molar-refractivity contribution in [1.29, 1.82) is 0 Å². The number of halogens is 1. The number of hydrogen-bond donors (Lipinski definition) is 1. The highest BCUT2D eigenvalue weighted by atomic mass is 19.1. The molecule has 20 heavy (non-hydrogen) atoms. The Kier molecular flexibility index (Phi) is 4.60. The van der Waals surface area contributed by atoms with E-state index >= 15 is 0 Å². The number of carbonyl (C=O) groups is 1. The van der Waals surface area contributed by atoms with E-state index in [9.17, 15) is 9.18 Å². The van der Waals surface area contributed by atoms with Gasteiger partial charge in [-0.15, -0.1) is 0 Å². The molecule has 0 aromatic heterocycles.